The van der Waals surface area contributed by atoms with Crippen molar-refractivity contribution in [1.29, 1.82) is 0 Å². The van der Waals surface area contributed by atoms with Gasteiger partial charge in [0.05, 0.1) is 0 Å². The third kappa shape index (κ3) is 4.00. The summed E-state index contributed by atoms with van der Waals surface area (Å²) in [5, 5.41) is 13.6. The van der Waals surface area contributed by atoms with Crippen LogP contribution in [0.25, 0.3) is 0 Å². The molecule has 0 aliphatic heterocycles. The number of oxime groups is 1. The van der Waals surface area contributed by atoms with Crippen molar-refractivity contribution in [2.24, 2.45) is 10.9 Å². The highest BCUT2D eigenvalue weighted by atomic mass is 19.1. The molecule has 1 aromatic carbocycles. The van der Waals surface area contributed by atoms with E-state index in [0.717, 1.165) is 12.1 Å². The molecule has 0 saturated heterocycles. The molecule has 0 aromatic heterocycles. The average molecular weight is 257 g/mol. The van der Waals surface area contributed by atoms with Gasteiger partial charge in [-0.25, -0.2) is 8.78 Å². The largest absolute Gasteiger partial charge is 0.409 e. The van der Waals surface area contributed by atoms with Gasteiger partial charge in [0.25, 0.3) is 5.91 Å². The number of amides is 1. The number of hydrogen-bond acceptors (Lipinski definition) is 3. The van der Waals surface area contributed by atoms with E-state index in [1.54, 1.807) is 6.92 Å². The lowest BCUT2D eigenvalue weighted by Crippen LogP contribution is -2.35. The molecule has 4 N–H and O–H groups in total. The lowest BCUT2D eigenvalue weighted by Gasteiger charge is -2.13. The first-order valence-electron chi connectivity index (χ1n) is 5.15. The molecule has 0 spiro atoms. The van der Waals surface area contributed by atoms with Gasteiger partial charge in [-0.15, -0.1) is 0 Å². The Hall–Kier alpha value is -2.18. The van der Waals surface area contributed by atoms with Gasteiger partial charge in [-0.05, 0) is 19.1 Å². The summed E-state index contributed by atoms with van der Waals surface area (Å²) >= 11 is 0. The van der Waals surface area contributed by atoms with Gasteiger partial charge in [0.2, 0.25) is 0 Å². The summed E-state index contributed by atoms with van der Waals surface area (Å²) in [6, 6.07) is 2.10. The zero-order valence-corrected chi connectivity index (χ0v) is 9.65. The molecule has 98 valence electrons. The summed E-state index contributed by atoms with van der Waals surface area (Å²) in [6.45, 7) is 1.62. The molecule has 0 radical (unpaired) electrons. The fraction of sp³-hybridized carbons (Fsp3) is 0.273. The van der Waals surface area contributed by atoms with Crippen molar-refractivity contribution in [2.45, 2.75) is 19.4 Å². The minimum absolute atomic E-state index is 0.0479. The first-order valence-corrected chi connectivity index (χ1v) is 5.15. The Morgan fingerprint density at radius 2 is 2.00 bits per heavy atom. The summed E-state index contributed by atoms with van der Waals surface area (Å²) in [7, 11) is 0. The Morgan fingerprint density at radius 3 is 2.50 bits per heavy atom. The molecule has 1 amide bonds. The van der Waals surface area contributed by atoms with Crippen LogP contribution < -0.4 is 11.1 Å². The number of halogens is 2. The van der Waals surface area contributed by atoms with E-state index in [9.17, 15) is 13.6 Å². The Morgan fingerprint density at radius 1 is 1.44 bits per heavy atom. The first kappa shape index (κ1) is 13.9. The van der Waals surface area contributed by atoms with E-state index in [4.69, 9.17) is 10.9 Å². The second kappa shape index (κ2) is 5.95. The number of nitrogens with zero attached hydrogens (tertiary/aromatic N) is 1. The van der Waals surface area contributed by atoms with Crippen LogP contribution in [0.15, 0.2) is 23.4 Å². The van der Waals surface area contributed by atoms with Gasteiger partial charge in [-0.3, -0.25) is 4.79 Å². The molecule has 5 nitrogen and oxygen atoms in total. The Kier molecular flexibility index (Phi) is 4.59. The van der Waals surface area contributed by atoms with E-state index in [2.05, 4.69) is 10.5 Å². The van der Waals surface area contributed by atoms with Gasteiger partial charge < -0.3 is 16.3 Å². The average Bonchev–Trinajstić information content (AvgIpc) is 2.27. The molecular weight excluding hydrogens is 244 g/mol. The maximum atomic E-state index is 12.9. The van der Waals surface area contributed by atoms with Gasteiger partial charge in [0, 0.05) is 24.1 Å². The lowest BCUT2D eigenvalue weighted by atomic mass is 10.1. The molecule has 0 bridgehead atoms. The smallest absolute Gasteiger partial charge is 0.251 e. The lowest BCUT2D eigenvalue weighted by molar-refractivity contribution is 0.0940. The molecule has 0 saturated carbocycles. The van der Waals surface area contributed by atoms with Crippen molar-refractivity contribution in [3.8, 4) is 0 Å². The van der Waals surface area contributed by atoms with Crippen molar-refractivity contribution in [1.82, 2.24) is 5.32 Å². The number of hydrogen-bond donors (Lipinski definition) is 3. The molecule has 0 fully saturated rings. The van der Waals surface area contributed by atoms with Crippen LogP contribution in [0.2, 0.25) is 0 Å². The second-order valence-electron chi connectivity index (χ2n) is 3.83. The highest BCUT2D eigenvalue weighted by Gasteiger charge is 2.13. The van der Waals surface area contributed by atoms with Crippen molar-refractivity contribution >= 4 is 11.7 Å². The van der Waals surface area contributed by atoms with Gasteiger partial charge >= 0.3 is 0 Å². The molecular formula is C11H13F2N3O2. The van der Waals surface area contributed by atoms with Crippen LogP contribution in [-0.2, 0) is 0 Å². The van der Waals surface area contributed by atoms with Crippen LogP contribution in [0.3, 0.4) is 0 Å². The Bertz CT molecular complexity index is 457. The maximum Gasteiger partial charge on any atom is 0.251 e. The van der Waals surface area contributed by atoms with Gasteiger partial charge in [0.15, 0.2) is 0 Å². The number of carbonyl (C=O) groups excluding carboxylic acids is 1. The van der Waals surface area contributed by atoms with Crippen molar-refractivity contribution in [3.63, 3.8) is 0 Å². The monoisotopic (exact) mass is 257 g/mol. The molecule has 7 heteroatoms. The molecule has 1 rings (SSSR count). The van der Waals surface area contributed by atoms with E-state index < -0.39 is 23.6 Å². The summed E-state index contributed by atoms with van der Waals surface area (Å²) < 4.78 is 25.8. The van der Waals surface area contributed by atoms with E-state index in [0.29, 0.717) is 6.07 Å². The topological polar surface area (TPSA) is 87.7 Å². The van der Waals surface area contributed by atoms with Crippen molar-refractivity contribution in [3.05, 3.63) is 35.4 Å². The predicted molar refractivity (Wildman–Crippen MR) is 61.3 cm³/mol. The van der Waals surface area contributed by atoms with Crippen LogP contribution in [0.5, 0.6) is 0 Å². The van der Waals surface area contributed by atoms with Crippen LogP contribution in [0.4, 0.5) is 8.78 Å². The number of carbonyl (C=O) groups is 1. The molecule has 0 aliphatic rings. The van der Waals surface area contributed by atoms with Crippen LogP contribution >= 0.6 is 0 Å². The van der Waals surface area contributed by atoms with Crippen LogP contribution in [0.1, 0.15) is 23.7 Å². The number of nitrogens with two attached hydrogens (primary N) is 1. The summed E-state index contributed by atoms with van der Waals surface area (Å²) in [4.78, 5) is 11.6. The highest BCUT2D eigenvalue weighted by Crippen LogP contribution is 2.08. The standard InChI is InChI=1S/C11H13F2N3O2/c1-6(2-10(14)16-18)15-11(17)7-3-8(12)5-9(13)4-7/h3-6,18H,2H2,1H3,(H2,14,16)(H,15,17). The van der Waals surface area contributed by atoms with E-state index in [1.165, 1.54) is 0 Å². The number of amidine groups is 1. The quantitative estimate of drug-likeness (QED) is 0.328. The van der Waals surface area contributed by atoms with E-state index >= 15 is 0 Å². The van der Waals surface area contributed by atoms with Crippen LogP contribution in [-0.4, -0.2) is 23.0 Å². The zero-order valence-electron chi connectivity index (χ0n) is 9.65. The third-order valence-electron chi connectivity index (χ3n) is 2.15. The molecule has 1 unspecified atom stereocenters. The SMILES string of the molecule is CC(CC(N)=NO)NC(=O)c1cc(F)cc(F)c1. The number of nitrogens with one attached hydrogen (secondary N) is 1. The summed E-state index contributed by atoms with van der Waals surface area (Å²) in [5.74, 6) is -2.34. The predicted octanol–water partition coefficient (Wildman–Crippen LogP) is 1.22. The minimum Gasteiger partial charge on any atom is -0.409 e. The molecule has 0 heterocycles. The summed E-state index contributed by atoms with van der Waals surface area (Å²) in [6.07, 6.45) is 0.125. The fourth-order valence-corrected chi connectivity index (χ4v) is 1.40. The number of benzene rings is 1. The highest BCUT2D eigenvalue weighted by molar-refractivity contribution is 5.94. The van der Waals surface area contributed by atoms with E-state index in [-0.39, 0.29) is 17.8 Å². The van der Waals surface area contributed by atoms with Gasteiger partial charge in [0.1, 0.15) is 17.5 Å². The molecule has 18 heavy (non-hydrogen) atoms. The zero-order chi connectivity index (χ0) is 13.7. The Balaban J connectivity index is 2.70. The molecule has 1 atom stereocenters. The maximum absolute atomic E-state index is 12.9. The van der Waals surface area contributed by atoms with Crippen molar-refractivity contribution < 1.29 is 18.8 Å². The third-order valence-corrected chi connectivity index (χ3v) is 2.15. The van der Waals surface area contributed by atoms with Crippen molar-refractivity contribution in [2.75, 3.05) is 0 Å². The molecule has 0 aliphatic carbocycles. The summed E-state index contributed by atoms with van der Waals surface area (Å²) in [5.41, 5.74) is 5.14. The minimum atomic E-state index is -0.829. The second-order valence-corrected chi connectivity index (χ2v) is 3.83. The number of rotatable bonds is 4. The fourth-order valence-electron chi connectivity index (χ4n) is 1.40. The Labute approximate surface area is 102 Å². The van der Waals surface area contributed by atoms with E-state index in [1.807, 2.05) is 0 Å². The normalized spacial score (nSPS) is 13.2. The molecule has 1 aromatic rings. The van der Waals surface area contributed by atoms with Gasteiger partial charge in [-0.2, -0.15) is 0 Å². The van der Waals surface area contributed by atoms with Gasteiger partial charge in [-0.1, -0.05) is 5.16 Å². The first-order chi connectivity index (χ1) is 8.42. The van der Waals surface area contributed by atoms with Crippen LogP contribution in [0, 0.1) is 11.6 Å².